The molecule has 2 aromatic heterocycles. The summed E-state index contributed by atoms with van der Waals surface area (Å²) < 4.78 is 5.28. The molecule has 0 saturated heterocycles. The summed E-state index contributed by atoms with van der Waals surface area (Å²) in [5.41, 5.74) is 2.65. The fourth-order valence-corrected chi connectivity index (χ4v) is 2.80. The van der Waals surface area contributed by atoms with Crippen LogP contribution in [0.3, 0.4) is 0 Å². The number of anilines is 1. The van der Waals surface area contributed by atoms with Crippen molar-refractivity contribution in [2.75, 3.05) is 12.4 Å². The highest BCUT2D eigenvalue weighted by Gasteiger charge is 2.11. The standard InChI is InChI=1S/C18H17N5O/c1-11(23-18-16-17(20-9-19-16)21-10-22-18)12-3-4-14-8-15(24-2)6-5-13(14)7-12/h3-11H,1-2H3,(H2,19,20,21,22,23). The molecule has 2 heterocycles. The van der Waals surface area contributed by atoms with E-state index in [4.69, 9.17) is 4.74 Å². The van der Waals surface area contributed by atoms with E-state index >= 15 is 0 Å². The van der Waals surface area contributed by atoms with Crippen LogP contribution in [0, 0.1) is 0 Å². The van der Waals surface area contributed by atoms with Crippen LogP contribution in [0.2, 0.25) is 0 Å². The van der Waals surface area contributed by atoms with Crippen molar-refractivity contribution in [2.45, 2.75) is 13.0 Å². The third-order valence-electron chi connectivity index (χ3n) is 4.15. The van der Waals surface area contributed by atoms with Crippen molar-refractivity contribution >= 4 is 27.8 Å². The maximum atomic E-state index is 5.28. The SMILES string of the molecule is COc1ccc2cc(C(C)Nc3ncnc4nc[nH]c34)ccc2c1. The molecule has 6 nitrogen and oxygen atoms in total. The van der Waals surface area contributed by atoms with E-state index < -0.39 is 0 Å². The minimum atomic E-state index is 0.0953. The van der Waals surface area contributed by atoms with Gasteiger partial charge in [0.2, 0.25) is 0 Å². The molecule has 120 valence electrons. The van der Waals surface area contributed by atoms with Crippen LogP contribution < -0.4 is 10.1 Å². The number of benzene rings is 2. The minimum absolute atomic E-state index is 0.0953. The lowest BCUT2D eigenvalue weighted by atomic mass is 10.0. The molecular weight excluding hydrogens is 302 g/mol. The number of hydrogen-bond donors (Lipinski definition) is 2. The first-order valence-electron chi connectivity index (χ1n) is 7.73. The van der Waals surface area contributed by atoms with E-state index in [1.165, 1.54) is 17.3 Å². The van der Waals surface area contributed by atoms with Crippen LogP contribution in [0.1, 0.15) is 18.5 Å². The normalized spacial score (nSPS) is 12.4. The number of fused-ring (bicyclic) bond motifs is 2. The molecule has 1 atom stereocenters. The molecule has 2 N–H and O–H groups in total. The summed E-state index contributed by atoms with van der Waals surface area (Å²) in [6.07, 6.45) is 3.14. The van der Waals surface area contributed by atoms with Gasteiger partial charge in [-0.3, -0.25) is 0 Å². The van der Waals surface area contributed by atoms with Crippen LogP contribution >= 0.6 is 0 Å². The molecule has 0 aliphatic carbocycles. The Bertz CT molecular complexity index is 1010. The van der Waals surface area contributed by atoms with E-state index in [9.17, 15) is 0 Å². The maximum absolute atomic E-state index is 5.28. The number of ether oxygens (including phenoxy) is 1. The molecule has 0 radical (unpaired) electrons. The van der Waals surface area contributed by atoms with Gasteiger partial charge in [0, 0.05) is 0 Å². The summed E-state index contributed by atoms with van der Waals surface area (Å²) in [4.78, 5) is 15.7. The average molecular weight is 319 g/mol. The van der Waals surface area contributed by atoms with Crippen LogP contribution in [-0.2, 0) is 0 Å². The molecular formula is C18H17N5O. The number of aromatic nitrogens is 4. The van der Waals surface area contributed by atoms with Gasteiger partial charge in [0.05, 0.1) is 19.5 Å². The van der Waals surface area contributed by atoms with Gasteiger partial charge in [0.1, 0.15) is 17.6 Å². The quantitative estimate of drug-likeness (QED) is 0.600. The first-order valence-corrected chi connectivity index (χ1v) is 7.73. The highest BCUT2D eigenvalue weighted by atomic mass is 16.5. The summed E-state index contributed by atoms with van der Waals surface area (Å²) in [5, 5.41) is 5.76. The molecule has 4 rings (SSSR count). The van der Waals surface area contributed by atoms with Crippen molar-refractivity contribution in [3.63, 3.8) is 0 Å². The van der Waals surface area contributed by atoms with Crippen LogP contribution in [0.25, 0.3) is 21.9 Å². The lowest BCUT2D eigenvalue weighted by Crippen LogP contribution is -2.08. The van der Waals surface area contributed by atoms with Crippen LogP contribution in [-0.4, -0.2) is 27.0 Å². The van der Waals surface area contributed by atoms with Crippen molar-refractivity contribution in [3.05, 3.63) is 54.6 Å². The minimum Gasteiger partial charge on any atom is -0.497 e. The summed E-state index contributed by atoms with van der Waals surface area (Å²) in [5.74, 6) is 1.61. The van der Waals surface area contributed by atoms with E-state index in [0.29, 0.717) is 5.65 Å². The molecule has 2 aromatic carbocycles. The Morgan fingerprint density at radius 1 is 1.04 bits per heavy atom. The van der Waals surface area contributed by atoms with Gasteiger partial charge in [-0.1, -0.05) is 18.2 Å². The van der Waals surface area contributed by atoms with Gasteiger partial charge < -0.3 is 15.0 Å². The van der Waals surface area contributed by atoms with Gasteiger partial charge in [-0.05, 0) is 41.5 Å². The average Bonchev–Trinajstić information content (AvgIpc) is 3.10. The number of nitrogens with one attached hydrogen (secondary N) is 2. The Morgan fingerprint density at radius 2 is 1.88 bits per heavy atom. The number of hydrogen-bond acceptors (Lipinski definition) is 5. The molecule has 0 aliphatic rings. The molecule has 0 fully saturated rings. The first kappa shape index (κ1) is 14.4. The molecule has 4 aromatic rings. The van der Waals surface area contributed by atoms with Crippen molar-refractivity contribution in [1.29, 1.82) is 0 Å². The second kappa shape index (κ2) is 5.81. The molecule has 24 heavy (non-hydrogen) atoms. The maximum Gasteiger partial charge on any atom is 0.182 e. The van der Waals surface area contributed by atoms with E-state index in [1.54, 1.807) is 13.4 Å². The van der Waals surface area contributed by atoms with Gasteiger partial charge in [-0.25, -0.2) is 15.0 Å². The summed E-state index contributed by atoms with van der Waals surface area (Å²) >= 11 is 0. The third-order valence-corrected chi connectivity index (χ3v) is 4.15. The van der Waals surface area contributed by atoms with E-state index in [0.717, 1.165) is 22.5 Å². The Balaban J connectivity index is 1.65. The zero-order valence-corrected chi connectivity index (χ0v) is 13.4. The van der Waals surface area contributed by atoms with Crippen molar-refractivity contribution < 1.29 is 4.74 Å². The number of imidazole rings is 1. The topological polar surface area (TPSA) is 75.7 Å². The number of aromatic amines is 1. The van der Waals surface area contributed by atoms with E-state index in [2.05, 4.69) is 56.4 Å². The van der Waals surface area contributed by atoms with Crippen molar-refractivity contribution in [3.8, 4) is 5.75 Å². The third kappa shape index (κ3) is 2.52. The van der Waals surface area contributed by atoms with Gasteiger partial charge in [-0.15, -0.1) is 0 Å². The van der Waals surface area contributed by atoms with Crippen LogP contribution in [0.5, 0.6) is 5.75 Å². The molecule has 6 heteroatoms. The Morgan fingerprint density at radius 3 is 2.75 bits per heavy atom. The van der Waals surface area contributed by atoms with Crippen LogP contribution in [0.4, 0.5) is 5.82 Å². The highest BCUT2D eigenvalue weighted by Crippen LogP contribution is 2.26. The smallest absolute Gasteiger partial charge is 0.182 e. The van der Waals surface area contributed by atoms with E-state index in [-0.39, 0.29) is 6.04 Å². The van der Waals surface area contributed by atoms with Crippen molar-refractivity contribution in [1.82, 2.24) is 19.9 Å². The molecule has 0 bridgehead atoms. The fraction of sp³-hybridized carbons (Fsp3) is 0.167. The molecule has 0 saturated carbocycles. The Hall–Kier alpha value is -3.15. The van der Waals surface area contributed by atoms with Gasteiger partial charge >= 0.3 is 0 Å². The predicted octanol–water partition coefficient (Wildman–Crippen LogP) is 3.69. The lowest BCUT2D eigenvalue weighted by Gasteiger charge is -2.16. The second-order valence-electron chi connectivity index (χ2n) is 5.66. The largest absolute Gasteiger partial charge is 0.497 e. The Kier molecular flexibility index (Phi) is 3.49. The monoisotopic (exact) mass is 319 g/mol. The summed E-state index contributed by atoms with van der Waals surface area (Å²) in [6.45, 7) is 2.11. The van der Waals surface area contributed by atoms with Crippen LogP contribution in [0.15, 0.2) is 49.1 Å². The number of nitrogens with zero attached hydrogens (tertiary/aromatic N) is 3. The fourth-order valence-electron chi connectivity index (χ4n) is 2.80. The van der Waals surface area contributed by atoms with Crippen molar-refractivity contribution in [2.24, 2.45) is 0 Å². The number of methoxy groups -OCH3 is 1. The number of rotatable bonds is 4. The zero-order chi connectivity index (χ0) is 16.5. The number of H-pyrrole nitrogens is 1. The first-order chi connectivity index (χ1) is 11.7. The summed E-state index contributed by atoms with van der Waals surface area (Å²) in [6, 6.07) is 12.6. The van der Waals surface area contributed by atoms with Gasteiger partial charge in [0.25, 0.3) is 0 Å². The molecule has 0 spiro atoms. The van der Waals surface area contributed by atoms with Gasteiger partial charge in [0.15, 0.2) is 11.5 Å². The second-order valence-corrected chi connectivity index (χ2v) is 5.66. The zero-order valence-electron chi connectivity index (χ0n) is 13.4. The lowest BCUT2D eigenvalue weighted by molar-refractivity contribution is 0.415. The Labute approximate surface area is 138 Å². The predicted molar refractivity (Wildman–Crippen MR) is 94.2 cm³/mol. The highest BCUT2D eigenvalue weighted by molar-refractivity contribution is 5.85. The molecule has 1 unspecified atom stereocenters. The molecule has 0 amide bonds. The van der Waals surface area contributed by atoms with Gasteiger partial charge in [-0.2, -0.15) is 0 Å². The molecule has 0 aliphatic heterocycles. The van der Waals surface area contributed by atoms with E-state index in [1.807, 2.05) is 12.1 Å². The summed E-state index contributed by atoms with van der Waals surface area (Å²) in [7, 11) is 1.68.